The number of benzene rings is 1. The van der Waals surface area contributed by atoms with Gasteiger partial charge in [-0.3, -0.25) is 9.89 Å². The molecule has 0 atom stereocenters. The summed E-state index contributed by atoms with van der Waals surface area (Å²) in [6.07, 6.45) is 3.13. The van der Waals surface area contributed by atoms with Gasteiger partial charge in [0.2, 0.25) is 0 Å². The number of aromatic nitrogens is 4. The van der Waals surface area contributed by atoms with Gasteiger partial charge in [-0.05, 0) is 17.7 Å². The number of H-pyrrole nitrogens is 2. The van der Waals surface area contributed by atoms with Crippen molar-refractivity contribution in [1.29, 1.82) is 0 Å². The number of rotatable bonds is 3. The van der Waals surface area contributed by atoms with Crippen LogP contribution in [0.25, 0.3) is 22.3 Å². The number of carbonyl (C=O) groups is 1. The Morgan fingerprint density at radius 3 is 2.74 bits per heavy atom. The molecule has 0 radical (unpaired) electrons. The molecule has 0 aliphatic carbocycles. The van der Waals surface area contributed by atoms with Crippen molar-refractivity contribution in [3.63, 3.8) is 0 Å². The Balaban J connectivity index is 1.67. The minimum absolute atomic E-state index is 0.230. The third-order valence-corrected chi connectivity index (χ3v) is 3.57. The number of fused-ring (bicyclic) bond motifs is 1. The van der Waals surface area contributed by atoms with Crippen LogP contribution in [0.15, 0.2) is 60.9 Å². The van der Waals surface area contributed by atoms with Gasteiger partial charge in [0.1, 0.15) is 11.5 Å². The normalized spacial score (nSPS) is 10.8. The standard InChI is InChI=1S/C17H13N5O/c23-17(21-15-6-7-19-22-15)13-8-12-9-14(20-16(12)18-10-13)11-4-2-1-3-5-11/h1-10H,(H,18,20)(H2,19,21,22,23). The lowest BCUT2D eigenvalue weighted by Gasteiger charge is -2.01. The lowest BCUT2D eigenvalue weighted by molar-refractivity contribution is 0.102. The highest BCUT2D eigenvalue weighted by Gasteiger charge is 2.10. The molecule has 4 rings (SSSR count). The average Bonchev–Trinajstić information content (AvgIpc) is 3.24. The van der Waals surface area contributed by atoms with E-state index in [2.05, 4.69) is 25.5 Å². The van der Waals surface area contributed by atoms with Crippen molar-refractivity contribution in [2.45, 2.75) is 0 Å². The monoisotopic (exact) mass is 303 g/mol. The number of pyridine rings is 1. The Kier molecular flexibility index (Phi) is 3.12. The Bertz CT molecular complexity index is 957. The second kappa shape index (κ2) is 5.42. The number of aromatic amines is 2. The first kappa shape index (κ1) is 13.3. The highest BCUT2D eigenvalue weighted by atomic mass is 16.1. The summed E-state index contributed by atoms with van der Waals surface area (Å²) < 4.78 is 0. The van der Waals surface area contributed by atoms with Crippen LogP contribution in [-0.2, 0) is 0 Å². The maximum absolute atomic E-state index is 12.2. The molecule has 0 bridgehead atoms. The molecule has 0 unspecified atom stereocenters. The summed E-state index contributed by atoms with van der Waals surface area (Å²) in [5.74, 6) is 0.320. The van der Waals surface area contributed by atoms with Gasteiger partial charge < -0.3 is 10.3 Å². The SMILES string of the molecule is O=C(Nc1ccn[nH]1)c1cnc2[nH]c(-c3ccccc3)cc2c1. The van der Waals surface area contributed by atoms with Gasteiger partial charge in [-0.15, -0.1) is 0 Å². The van der Waals surface area contributed by atoms with Gasteiger partial charge in [-0.25, -0.2) is 4.98 Å². The average molecular weight is 303 g/mol. The van der Waals surface area contributed by atoms with Crippen molar-refractivity contribution in [1.82, 2.24) is 20.2 Å². The second-order valence-corrected chi connectivity index (χ2v) is 5.14. The summed E-state index contributed by atoms with van der Waals surface area (Å²) in [6.45, 7) is 0. The van der Waals surface area contributed by atoms with Gasteiger partial charge >= 0.3 is 0 Å². The molecule has 6 nitrogen and oxygen atoms in total. The number of hydrogen-bond acceptors (Lipinski definition) is 3. The van der Waals surface area contributed by atoms with Crippen LogP contribution in [0.1, 0.15) is 10.4 Å². The lowest BCUT2D eigenvalue weighted by atomic mass is 10.1. The predicted molar refractivity (Wildman–Crippen MR) is 88.1 cm³/mol. The molecular formula is C17H13N5O. The van der Waals surface area contributed by atoms with Gasteiger partial charge in [0, 0.05) is 23.3 Å². The molecule has 4 aromatic rings. The quantitative estimate of drug-likeness (QED) is 0.543. The fourth-order valence-corrected chi connectivity index (χ4v) is 2.43. The molecule has 3 heterocycles. The van der Waals surface area contributed by atoms with Crippen LogP contribution in [0.5, 0.6) is 0 Å². The topological polar surface area (TPSA) is 86.5 Å². The molecule has 0 saturated carbocycles. The van der Waals surface area contributed by atoms with Crippen molar-refractivity contribution in [3.05, 3.63) is 66.5 Å². The summed E-state index contributed by atoms with van der Waals surface area (Å²) in [4.78, 5) is 19.8. The first-order valence-corrected chi connectivity index (χ1v) is 7.14. The molecule has 1 amide bonds. The molecule has 0 aliphatic rings. The summed E-state index contributed by atoms with van der Waals surface area (Å²) in [6, 6.07) is 15.5. The fourth-order valence-electron chi connectivity index (χ4n) is 2.43. The number of amides is 1. The van der Waals surface area contributed by atoms with Crippen LogP contribution in [-0.4, -0.2) is 26.1 Å². The molecule has 23 heavy (non-hydrogen) atoms. The van der Waals surface area contributed by atoms with Crippen LogP contribution in [0.4, 0.5) is 5.82 Å². The Hall–Kier alpha value is -3.41. The summed E-state index contributed by atoms with van der Waals surface area (Å²) in [5.41, 5.74) is 3.29. The van der Waals surface area contributed by atoms with Crippen LogP contribution >= 0.6 is 0 Å². The third kappa shape index (κ3) is 2.57. The molecule has 3 N–H and O–H groups in total. The van der Waals surface area contributed by atoms with Crippen molar-refractivity contribution in [3.8, 4) is 11.3 Å². The van der Waals surface area contributed by atoms with E-state index < -0.39 is 0 Å². The third-order valence-electron chi connectivity index (χ3n) is 3.57. The minimum Gasteiger partial charge on any atom is -0.339 e. The maximum Gasteiger partial charge on any atom is 0.258 e. The van der Waals surface area contributed by atoms with Crippen molar-refractivity contribution < 1.29 is 4.79 Å². The minimum atomic E-state index is -0.230. The first-order chi connectivity index (χ1) is 11.3. The van der Waals surface area contributed by atoms with E-state index in [0.29, 0.717) is 11.4 Å². The molecular weight excluding hydrogens is 290 g/mol. The Morgan fingerprint density at radius 1 is 1.09 bits per heavy atom. The van der Waals surface area contributed by atoms with Crippen LogP contribution in [0.3, 0.4) is 0 Å². The smallest absolute Gasteiger partial charge is 0.258 e. The summed E-state index contributed by atoms with van der Waals surface area (Å²) in [7, 11) is 0. The number of nitrogens with zero attached hydrogens (tertiary/aromatic N) is 2. The van der Waals surface area contributed by atoms with E-state index >= 15 is 0 Å². The van der Waals surface area contributed by atoms with E-state index in [-0.39, 0.29) is 5.91 Å². The highest BCUT2D eigenvalue weighted by molar-refractivity contribution is 6.05. The van der Waals surface area contributed by atoms with E-state index in [0.717, 1.165) is 22.3 Å². The number of anilines is 1. The van der Waals surface area contributed by atoms with Crippen molar-refractivity contribution in [2.24, 2.45) is 0 Å². The summed E-state index contributed by atoms with van der Waals surface area (Å²) in [5, 5.41) is 10.1. The Labute approximate surface area is 131 Å². The molecule has 112 valence electrons. The highest BCUT2D eigenvalue weighted by Crippen LogP contribution is 2.23. The number of hydrogen-bond donors (Lipinski definition) is 3. The fraction of sp³-hybridized carbons (Fsp3) is 0. The molecule has 0 fully saturated rings. The van der Waals surface area contributed by atoms with Gasteiger partial charge in [0.25, 0.3) is 5.91 Å². The van der Waals surface area contributed by atoms with Gasteiger partial charge in [-0.1, -0.05) is 30.3 Å². The first-order valence-electron chi connectivity index (χ1n) is 7.14. The largest absolute Gasteiger partial charge is 0.339 e. The molecule has 0 aliphatic heterocycles. The lowest BCUT2D eigenvalue weighted by Crippen LogP contribution is -2.12. The molecule has 3 aromatic heterocycles. The van der Waals surface area contributed by atoms with Gasteiger partial charge in [0.15, 0.2) is 0 Å². The maximum atomic E-state index is 12.2. The van der Waals surface area contributed by atoms with E-state index in [9.17, 15) is 4.79 Å². The van der Waals surface area contributed by atoms with E-state index in [1.807, 2.05) is 42.5 Å². The molecule has 6 heteroatoms. The van der Waals surface area contributed by atoms with Crippen LogP contribution in [0, 0.1) is 0 Å². The zero-order chi connectivity index (χ0) is 15.6. The predicted octanol–water partition coefficient (Wildman–Crippen LogP) is 3.21. The number of carbonyl (C=O) groups excluding carboxylic acids is 1. The van der Waals surface area contributed by atoms with Crippen molar-refractivity contribution in [2.75, 3.05) is 5.32 Å². The zero-order valence-corrected chi connectivity index (χ0v) is 12.1. The van der Waals surface area contributed by atoms with Gasteiger partial charge in [-0.2, -0.15) is 5.10 Å². The van der Waals surface area contributed by atoms with E-state index in [1.54, 1.807) is 18.5 Å². The van der Waals surface area contributed by atoms with Gasteiger partial charge in [0.05, 0.1) is 11.8 Å². The zero-order valence-electron chi connectivity index (χ0n) is 12.1. The van der Waals surface area contributed by atoms with Crippen LogP contribution in [0.2, 0.25) is 0 Å². The van der Waals surface area contributed by atoms with Crippen molar-refractivity contribution >= 4 is 22.8 Å². The van der Waals surface area contributed by atoms with E-state index in [1.165, 1.54) is 0 Å². The number of nitrogens with one attached hydrogen (secondary N) is 3. The second-order valence-electron chi connectivity index (χ2n) is 5.14. The molecule has 0 saturated heterocycles. The van der Waals surface area contributed by atoms with Crippen LogP contribution < -0.4 is 5.32 Å². The molecule has 1 aromatic carbocycles. The molecule has 0 spiro atoms. The van der Waals surface area contributed by atoms with E-state index in [4.69, 9.17) is 0 Å². The summed E-state index contributed by atoms with van der Waals surface area (Å²) >= 11 is 0. The Morgan fingerprint density at radius 2 is 1.96 bits per heavy atom.